The van der Waals surface area contributed by atoms with Crippen LogP contribution in [0.1, 0.15) is 10.4 Å². The average molecular weight is 287 g/mol. The summed E-state index contributed by atoms with van der Waals surface area (Å²) < 4.78 is 7.69. The van der Waals surface area contributed by atoms with Gasteiger partial charge in [0, 0.05) is 0 Å². The molecule has 0 spiro atoms. The Morgan fingerprint density at radius 3 is 2.65 bits per heavy atom. The fourth-order valence-electron chi connectivity index (χ4n) is 1.77. The Bertz CT molecular complexity index is 607. The minimum atomic E-state index is -0.889. The quantitative estimate of drug-likeness (QED) is 0.683. The van der Waals surface area contributed by atoms with Gasteiger partial charge in [-0.3, -0.25) is 0 Å². The number of fused-ring (bicyclic) bond motifs is 2. The third-order valence-electron chi connectivity index (χ3n) is 2.55. The molecule has 3 rings (SSSR count). The van der Waals surface area contributed by atoms with Crippen LogP contribution in [0.2, 0.25) is 0 Å². The van der Waals surface area contributed by atoms with Gasteiger partial charge < -0.3 is 0 Å². The van der Waals surface area contributed by atoms with Crippen molar-refractivity contribution >= 4 is 30.4 Å². The van der Waals surface area contributed by atoms with Gasteiger partial charge in [0.1, 0.15) is 0 Å². The van der Waals surface area contributed by atoms with E-state index in [9.17, 15) is 4.79 Å². The molecule has 1 heterocycles. The molecule has 1 aliphatic heterocycles. The molecule has 0 bridgehead atoms. The SMILES string of the molecule is O=C(O)c1cccc2c1[As]c1ccccc1O2. The molecule has 0 amide bonds. The molecule has 0 saturated heterocycles. The van der Waals surface area contributed by atoms with Crippen LogP contribution in [0.5, 0.6) is 11.5 Å². The van der Waals surface area contributed by atoms with Gasteiger partial charge in [-0.05, 0) is 0 Å². The molecular formula is C13H8AsO3. The van der Waals surface area contributed by atoms with Gasteiger partial charge >= 0.3 is 105 Å². The van der Waals surface area contributed by atoms with E-state index in [1.165, 1.54) is 0 Å². The second-order valence-corrected chi connectivity index (χ2v) is 6.06. The van der Waals surface area contributed by atoms with Crippen LogP contribution in [0, 0.1) is 0 Å². The molecule has 0 aromatic heterocycles. The van der Waals surface area contributed by atoms with Gasteiger partial charge in [0.2, 0.25) is 0 Å². The second kappa shape index (κ2) is 3.93. The molecule has 1 radical (unpaired) electrons. The van der Waals surface area contributed by atoms with Crippen molar-refractivity contribution in [2.45, 2.75) is 0 Å². The summed E-state index contributed by atoms with van der Waals surface area (Å²) >= 11 is -0.325. The molecule has 2 aromatic carbocycles. The first-order valence-electron chi connectivity index (χ1n) is 5.10. The van der Waals surface area contributed by atoms with Crippen LogP contribution in [0.15, 0.2) is 42.5 Å². The molecule has 0 aliphatic carbocycles. The molecule has 17 heavy (non-hydrogen) atoms. The fraction of sp³-hybridized carbons (Fsp3) is 0. The number of carboxylic acid groups (broad SMARTS) is 1. The number of para-hydroxylation sites is 1. The van der Waals surface area contributed by atoms with E-state index in [4.69, 9.17) is 9.84 Å². The van der Waals surface area contributed by atoms with E-state index in [1.807, 2.05) is 30.3 Å². The molecule has 2 aromatic rings. The zero-order valence-corrected chi connectivity index (χ0v) is 10.6. The Kier molecular flexibility index (Phi) is 2.41. The van der Waals surface area contributed by atoms with Crippen LogP contribution in [-0.2, 0) is 0 Å². The monoisotopic (exact) mass is 287 g/mol. The summed E-state index contributed by atoms with van der Waals surface area (Å²) in [4.78, 5) is 11.1. The molecule has 0 saturated carbocycles. The number of rotatable bonds is 1. The van der Waals surface area contributed by atoms with E-state index in [-0.39, 0.29) is 15.8 Å². The van der Waals surface area contributed by atoms with Crippen molar-refractivity contribution in [2.75, 3.05) is 0 Å². The van der Waals surface area contributed by atoms with E-state index in [0.717, 1.165) is 14.5 Å². The van der Waals surface area contributed by atoms with Crippen LogP contribution in [-0.4, -0.2) is 26.8 Å². The molecule has 0 fully saturated rings. The Morgan fingerprint density at radius 2 is 1.82 bits per heavy atom. The van der Waals surface area contributed by atoms with Crippen molar-refractivity contribution < 1.29 is 14.6 Å². The second-order valence-electron chi connectivity index (χ2n) is 3.64. The van der Waals surface area contributed by atoms with Crippen molar-refractivity contribution in [3.8, 4) is 11.5 Å². The summed E-state index contributed by atoms with van der Waals surface area (Å²) in [5.41, 5.74) is 0.358. The molecule has 4 heteroatoms. The normalized spacial score (nSPS) is 13.6. The van der Waals surface area contributed by atoms with Gasteiger partial charge in [-0.15, -0.1) is 0 Å². The van der Waals surface area contributed by atoms with Crippen LogP contribution >= 0.6 is 0 Å². The molecule has 1 aliphatic rings. The summed E-state index contributed by atoms with van der Waals surface area (Å²) in [6, 6.07) is 13.0. The Hall–Kier alpha value is -1.73. The van der Waals surface area contributed by atoms with Gasteiger partial charge in [0.25, 0.3) is 0 Å². The summed E-state index contributed by atoms with van der Waals surface area (Å²) in [6.45, 7) is 0. The molecule has 1 N–H and O–H groups in total. The zero-order chi connectivity index (χ0) is 11.8. The van der Waals surface area contributed by atoms with Gasteiger partial charge in [-0.2, -0.15) is 0 Å². The first kappa shape index (κ1) is 10.4. The standard InChI is InChI=1S/C13H8AsO3/c15-13(16)8-4-3-7-11-12(8)14-9-5-1-2-6-10(9)17-11/h1-7H,(H,15,16). The number of hydrogen-bond donors (Lipinski definition) is 1. The van der Waals surface area contributed by atoms with E-state index >= 15 is 0 Å². The molecule has 3 nitrogen and oxygen atoms in total. The summed E-state index contributed by atoms with van der Waals surface area (Å²) in [6.07, 6.45) is 0. The molecule has 0 atom stereocenters. The maximum absolute atomic E-state index is 11.1. The van der Waals surface area contributed by atoms with Crippen LogP contribution in [0.3, 0.4) is 0 Å². The number of aromatic carboxylic acids is 1. The van der Waals surface area contributed by atoms with Crippen LogP contribution < -0.4 is 13.4 Å². The van der Waals surface area contributed by atoms with Crippen LogP contribution in [0.25, 0.3) is 0 Å². The third kappa shape index (κ3) is 1.73. The Labute approximate surface area is 105 Å². The van der Waals surface area contributed by atoms with Crippen molar-refractivity contribution in [1.82, 2.24) is 0 Å². The van der Waals surface area contributed by atoms with Gasteiger partial charge in [-0.25, -0.2) is 0 Å². The van der Waals surface area contributed by atoms with Crippen molar-refractivity contribution in [2.24, 2.45) is 0 Å². The van der Waals surface area contributed by atoms with Crippen molar-refractivity contribution in [1.29, 1.82) is 0 Å². The first-order chi connectivity index (χ1) is 8.25. The molecule has 83 valence electrons. The van der Waals surface area contributed by atoms with E-state index < -0.39 is 5.97 Å². The zero-order valence-electron chi connectivity index (χ0n) is 8.75. The molecule has 0 unspecified atom stereocenters. The number of carboxylic acids is 1. The Morgan fingerprint density at radius 1 is 1.06 bits per heavy atom. The van der Waals surface area contributed by atoms with Gasteiger partial charge in [0.05, 0.1) is 0 Å². The van der Waals surface area contributed by atoms with Gasteiger partial charge in [0.15, 0.2) is 0 Å². The maximum atomic E-state index is 11.1. The number of hydrogen-bond acceptors (Lipinski definition) is 2. The van der Waals surface area contributed by atoms with Crippen LogP contribution in [0.4, 0.5) is 0 Å². The average Bonchev–Trinajstić information content (AvgIpc) is 2.35. The van der Waals surface area contributed by atoms with Crippen molar-refractivity contribution in [3.63, 3.8) is 0 Å². The minimum absolute atomic E-state index is 0.325. The van der Waals surface area contributed by atoms with E-state index in [2.05, 4.69) is 0 Å². The van der Waals surface area contributed by atoms with E-state index in [1.54, 1.807) is 12.1 Å². The predicted molar refractivity (Wildman–Crippen MR) is 64.9 cm³/mol. The van der Waals surface area contributed by atoms with Crippen molar-refractivity contribution in [3.05, 3.63) is 48.0 Å². The predicted octanol–water partition coefficient (Wildman–Crippen LogP) is 1.15. The van der Waals surface area contributed by atoms with Gasteiger partial charge in [-0.1, -0.05) is 0 Å². The van der Waals surface area contributed by atoms with E-state index in [0.29, 0.717) is 11.3 Å². The fourth-order valence-corrected chi connectivity index (χ4v) is 4.19. The summed E-state index contributed by atoms with van der Waals surface area (Å²) in [5, 5.41) is 9.15. The topological polar surface area (TPSA) is 46.5 Å². The number of ether oxygens (including phenoxy) is 1. The Balaban J connectivity index is 2.15. The summed E-state index contributed by atoms with van der Waals surface area (Å²) in [5.74, 6) is 0.645. The third-order valence-corrected chi connectivity index (χ3v) is 5.26. The molecular weight excluding hydrogens is 279 g/mol. The number of benzene rings is 2. The first-order valence-corrected chi connectivity index (χ1v) is 6.98. The number of carbonyl (C=O) groups is 1. The summed E-state index contributed by atoms with van der Waals surface area (Å²) in [7, 11) is 0.